The minimum absolute atomic E-state index is 0.142. The largest absolute Gasteiger partial charge is 0.490 e. The van der Waals surface area contributed by atoms with Crippen molar-refractivity contribution in [2.75, 3.05) is 19.6 Å². The number of ether oxygens (including phenoxy) is 2. The Morgan fingerprint density at radius 1 is 0.848 bits per heavy atom. The first-order valence-corrected chi connectivity index (χ1v) is 11.6. The highest BCUT2D eigenvalue weighted by Gasteiger charge is 2.42. The van der Waals surface area contributed by atoms with Crippen LogP contribution in [0.25, 0.3) is 0 Å². The SMILES string of the molecule is O=C(CN1CC2C[C@H](Oc3ccc(F)cc3)C[C@H]2C1)c1ccc(OCc2ccccc2)cc1. The maximum Gasteiger partial charge on any atom is 0.176 e. The third kappa shape index (κ3) is 5.42. The summed E-state index contributed by atoms with van der Waals surface area (Å²) in [5.41, 5.74) is 1.83. The number of carbonyl (C=O) groups excluding carboxylic acids is 1. The van der Waals surface area contributed by atoms with E-state index in [1.165, 1.54) is 12.1 Å². The number of hydrogen-bond donors (Lipinski definition) is 0. The van der Waals surface area contributed by atoms with Crippen LogP contribution in [-0.4, -0.2) is 36.4 Å². The number of Topliss-reactive ketones (excluding diaryl/α,β-unsaturated/α-hetero) is 1. The van der Waals surface area contributed by atoms with Gasteiger partial charge in [-0.05, 0) is 78.8 Å². The normalized spacial score (nSPS) is 22.2. The van der Waals surface area contributed by atoms with E-state index in [4.69, 9.17) is 9.47 Å². The second kappa shape index (κ2) is 9.75. The highest BCUT2D eigenvalue weighted by Crippen LogP contribution is 2.39. The topological polar surface area (TPSA) is 38.8 Å². The Hall–Kier alpha value is -3.18. The van der Waals surface area contributed by atoms with E-state index in [2.05, 4.69) is 4.90 Å². The summed E-state index contributed by atoms with van der Waals surface area (Å²) in [4.78, 5) is 15.1. The molecule has 3 atom stereocenters. The van der Waals surface area contributed by atoms with Crippen LogP contribution in [-0.2, 0) is 6.61 Å². The molecular formula is C28H28FNO3. The van der Waals surface area contributed by atoms with Crippen molar-refractivity contribution in [1.82, 2.24) is 4.90 Å². The summed E-state index contributed by atoms with van der Waals surface area (Å²) >= 11 is 0. The number of likely N-dealkylation sites (tertiary alicyclic amines) is 1. The van der Waals surface area contributed by atoms with Gasteiger partial charge in [-0.3, -0.25) is 9.69 Å². The van der Waals surface area contributed by atoms with Crippen LogP contribution in [0.2, 0.25) is 0 Å². The van der Waals surface area contributed by atoms with Gasteiger partial charge in [0.25, 0.3) is 0 Å². The maximum atomic E-state index is 13.1. The van der Waals surface area contributed by atoms with Crippen molar-refractivity contribution in [3.05, 3.63) is 95.8 Å². The second-order valence-corrected chi connectivity index (χ2v) is 9.10. The van der Waals surface area contributed by atoms with Gasteiger partial charge in [-0.25, -0.2) is 4.39 Å². The summed E-state index contributed by atoms with van der Waals surface area (Å²) in [7, 11) is 0. The van der Waals surface area contributed by atoms with E-state index in [-0.39, 0.29) is 17.7 Å². The molecular weight excluding hydrogens is 417 g/mol. The molecule has 0 spiro atoms. The van der Waals surface area contributed by atoms with Gasteiger partial charge in [0, 0.05) is 18.7 Å². The lowest BCUT2D eigenvalue weighted by Crippen LogP contribution is -2.30. The third-order valence-corrected chi connectivity index (χ3v) is 6.69. The Morgan fingerprint density at radius 3 is 2.15 bits per heavy atom. The van der Waals surface area contributed by atoms with Gasteiger partial charge in [-0.1, -0.05) is 30.3 Å². The lowest BCUT2D eigenvalue weighted by atomic mass is 10.0. The van der Waals surface area contributed by atoms with Crippen molar-refractivity contribution in [3.63, 3.8) is 0 Å². The van der Waals surface area contributed by atoms with Crippen LogP contribution < -0.4 is 9.47 Å². The van der Waals surface area contributed by atoms with Crippen molar-refractivity contribution < 1.29 is 18.7 Å². The van der Waals surface area contributed by atoms with Crippen molar-refractivity contribution in [2.24, 2.45) is 11.8 Å². The van der Waals surface area contributed by atoms with E-state index in [1.54, 1.807) is 12.1 Å². The molecule has 1 heterocycles. The molecule has 3 aromatic rings. The number of hydrogen-bond acceptors (Lipinski definition) is 4. The molecule has 5 rings (SSSR count). The van der Waals surface area contributed by atoms with Gasteiger partial charge in [0.1, 0.15) is 23.9 Å². The Bertz CT molecular complexity index is 1050. The molecule has 0 bridgehead atoms. The molecule has 0 aromatic heterocycles. The Labute approximate surface area is 193 Å². The van der Waals surface area contributed by atoms with E-state index in [0.29, 0.717) is 25.0 Å². The van der Waals surface area contributed by atoms with Gasteiger partial charge in [-0.15, -0.1) is 0 Å². The molecule has 2 fully saturated rings. The molecule has 3 aromatic carbocycles. The molecule has 4 nitrogen and oxygen atoms in total. The summed E-state index contributed by atoms with van der Waals surface area (Å²) < 4.78 is 24.9. The molecule has 2 aliphatic rings. The Kier molecular flexibility index (Phi) is 6.40. The Morgan fingerprint density at radius 2 is 1.48 bits per heavy atom. The standard InChI is InChI=1S/C28H28FNO3/c29-24-8-12-26(13-9-24)33-27-14-22-16-30(17-23(22)15-27)18-28(31)21-6-10-25(11-7-21)32-19-20-4-2-1-3-5-20/h1-13,22-23,27H,14-19H2/t22-,23?,27+/m0/s1. The molecule has 0 amide bonds. The third-order valence-electron chi connectivity index (χ3n) is 6.69. The van der Waals surface area contributed by atoms with Crippen LogP contribution >= 0.6 is 0 Å². The fourth-order valence-electron chi connectivity index (χ4n) is 5.04. The minimum Gasteiger partial charge on any atom is -0.490 e. The Balaban J connectivity index is 1.08. The minimum atomic E-state index is -0.250. The lowest BCUT2D eigenvalue weighted by molar-refractivity contribution is 0.0936. The molecule has 1 aliphatic carbocycles. The zero-order valence-electron chi connectivity index (χ0n) is 18.5. The van der Waals surface area contributed by atoms with E-state index < -0.39 is 0 Å². The number of carbonyl (C=O) groups is 1. The van der Waals surface area contributed by atoms with Crippen LogP contribution in [0.4, 0.5) is 4.39 Å². The molecule has 1 unspecified atom stereocenters. The van der Waals surface area contributed by atoms with Crippen molar-refractivity contribution in [2.45, 2.75) is 25.6 Å². The summed E-state index contributed by atoms with van der Waals surface area (Å²) in [5, 5.41) is 0. The molecule has 0 N–H and O–H groups in total. The summed E-state index contributed by atoms with van der Waals surface area (Å²) in [6, 6.07) is 23.7. The monoisotopic (exact) mass is 445 g/mol. The smallest absolute Gasteiger partial charge is 0.176 e. The van der Waals surface area contributed by atoms with Gasteiger partial charge in [0.15, 0.2) is 5.78 Å². The van der Waals surface area contributed by atoms with Crippen molar-refractivity contribution in [1.29, 1.82) is 0 Å². The van der Waals surface area contributed by atoms with Crippen molar-refractivity contribution >= 4 is 5.78 Å². The fourth-order valence-corrected chi connectivity index (χ4v) is 5.04. The molecule has 33 heavy (non-hydrogen) atoms. The summed E-state index contributed by atoms with van der Waals surface area (Å²) in [5.74, 6) is 2.49. The first-order valence-electron chi connectivity index (χ1n) is 11.6. The number of nitrogens with zero attached hydrogens (tertiary/aromatic N) is 1. The summed E-state index contributed by atoms with van der Waals surface area (Å²) in [6.07, 6.45) is 2.15. The average molecular weight is 446 g/mol. The number of ketones is 1. The zero-order chi connectivity index (χ0) is 22.6. The van der Waals surface area contributed by atoms with Gasteiger partial charge in [-0.2, -0.15) is 0 Å². The van der Waals surface area contributed by atoms with Crippen LogP contribution in [0, 0.1) is 17.7 Å². The predicted molar refractivity (Wildman–Crippen MR) is 125 cm³/mol. The zero-order valence-corrected chi connectivity index (χ0v) is 18.5. The van der Waals surface area contributed by atoms with Gasteiger partial charge in [0.05, 0.1) is 12.6 Å². The quantitative estimate of drug-likeness (QED) is 0.437. The molecule has 5 heteroatoms. The van der Waals surface area contributed by atoms with Crippen LogP contribution in [0.15, 0.2) is 78.9 Å². The van der Waals surface area contributed by atoms with Crippen LogP contribution in [0.1, 0.15) is 28.8 Å². The van der Waals surface area contributed by atoms with E-state index in [9.17, 15) is 9.18 Å². The van der Waals surface area contributed by atoms with E-state index in [1.807, 2.05) is 54.6 Å². The predicted octanol–water partition coefficient (Wildman–Crippen LogP) is 5.38. The lowest BCUT2D eigenvalue weighted by Gasteiger charge is -2.19. The van der Waals surface area contributed by atoms with Gasteiger partial charge < -0.3 is 9.47 Å². The molecule has 1 saturated carbocycles. The highest BCUT2D eigenvalue weighted by atomic mass is 19.1. The number of benzene rings is 3. The summed E-state index contributed by atoms with van der Waals surface area (Å²) in [6.45, 7) is 2.81. The number of halogens is 1. The molecule has 1 aliphatic heterocycles. The van der Waals surface area contributed by atoms with E-state index >= 15 is 0 Å². The number of fused-ring (bicyclic) bond motifs is 1. The first-order chi connectivity index (χ1) is 16.1. The highest BCUT2D eigenvalue weighted by molar-refractivity contribution is 5.97. The van der Waals surface area contributed by atoms with Gasteiger partial charge >= 0.3 is 0 Å². The average Bonchev–Trinajstić information content (AvgIpc) is 3.38. The van der Waals surface area contributed by atoms with E-state index in [0.717, 1.165) is 48.6 Å². The van der Waals surface area contributed by atoms with Gasteiger partial charge in [0.2, 0.25) is 0 Å². The van der Waals surface area contributed by atoms with Crippen LogP contribution in [0.3, 0.4) is 0 Å². The molecule has 0 radical (unpaired) electrons. The van der Waals surface area contributed by atoms with Crippen LogP contribution in [0.5, 0.6) is 11.5 Å². The van der Waals surface area contributed by atoms with Crippen molar-refractivity contribution in [3.8, 4) is 11.5 Å². The molecule has 1 saturated heterocycles. The number of rotatable bonds is 8. The second-order valence-electron chi connectivity index (χ2n) is 9.10. The first kappa shape index (κ1) is 21.7. The fraction of sp³-hybridized carbons (Fsp3) is 0.321. The maximum absolute atomic E-state index is 13.1. The molecule has 170 valence electrons.